The van der Waals surface area contributed by atoms with Gasteiger partial charge in [-0.1, -0.05) is 6.58 Å². The van der Waals surface area contributed by atoms with Gasteiger partial charge in [0.15, 0.2) is 0 Å². The van der Waals surface area contributed by atoms with Gasteiger partial charge < -0.3 is 9.64 Å². The van der Waals surface area contributed by atoms with Crippen LogP contribution in [0.2, 0.25) is 0 Å². The van der Waals surface area contributed by atoms with E-state index in [-0.39, 0.29) is 5.97 Å². The van der Waals surface area contributed by atoms with Crippen LogP contribution in [0.5, 0.6) is 0 Å². The molecule has 0 aliphatic carbocycles. The monoisotopic (exact) mass is 283 g/mol. The highest BCUT2D eigenvalue weighted by Gasteiger charge is 2.01. The highest BCUT2D eigenvalue weighted by molar-refractivity contribution is 7.80. The molecule has 1 N–H and O–H groups in total. The van der Waals surface area contributed by atoms with Crippen molar-refractivity contribution < 1.29 is 26.7 Å². The highest BCUT2D eigenvalue weighted by atomic mass is 32.3. The van der Waals surface area contributed by atoms with Gasteiger partial charge in [-0.2, -0.15) is 8.42 Å². The summed E-state index contributed by atoms with van der Waals surface area (Å²) in [4.78, 5) is 12.9. The minimum absolute atomic E-state index is 0.297. The van der Waals surface area contributed by atoms with Crippen LogP contribution in [0.15, 0.2) is 12.2 Å². The first kappa shape index (κ1) is 19.4. The first-order valence-electron chi connectivity index (χ1n) is 5.10. The maximum Gasteiger partial charge on any atom is 0.397 e. The van der Waals surface area contributed by atoms with Crippen molar-refractivity contribution in [2.24, 2.45) is 0 Å². The quantitative estimate of drug-likeness (QED) is 0.328. The Bertz CT molecular complexity index is 349. The van der Waals surface area contributed by atoms with Gasteiger partial charge in [-0.3, -0.25) is 8.74 Å². The number of carbonyl (C=O) groups is 1. The van der Waals surface area contributed by atoms with Crippen molar-refractivity contribution in [1.82, 2.24) is 4.90 Å². The maximum atomic E-state index is 10.9. The molecule has 0 unspecified atom stereocenters. The molecule has 108 valence electrons. The summed E-state index contributed by atoms with van der Waals surface area (Å²) >= 11 is 0. The van der Waals surface area contributed by atoms with Crippen molar-refractivity contribution in [3.8, 4) is 0 Å². The fourth-order valence-electron chi connectivity index (χ4n) is 0.669. The smallest absolute Gasteiger partial charge is 0.397 e. The van der Waals surface area contributed by atoms with Gasteiger partial charge in [0.1, 0.15) is 0 Å². The molecule has 0 saturated heterocycles. The number of carbonyl (C=O) groups excluding carboxylic acids is 1. The third-order valence-corrected chi connectivity index (χ3v) is 1.96. The summed E-state index contributed by atoms with van der Waals surface area (Å²) in [6, 6.07) is 0. The van der Waals surface area contributed by atoms with E-state index in [9.17, 15) is 13.2 Å². The molecule has 0 aromatic carbocycles. The van der Waals surface area contributed by atoms with Crippen LogP contribution in [0, 0.1) is 0 Å². The third-order valence-electron chi connectivity index (χ3n) is 1.54. The Kier molecular flexibility index (Phi) is 10.8. The Balaban J connectivity index is 0. The van der Waals surface area contributed by atoms with Crippen LogP contribution < -0.4 is 0 Å². The van der Waals surface area contributed by atoms with Crippen LogP contribution >= 0.6 is 0 Å². The third kappa shape index (κ3) is 17.4. The summed E-state index contributed by atoms with van der Waals surface area (Å²) in [5.74, 6) is -0.297. The van der Waals surface area contributed by atoms with Gasteiger partial charge in [0.05, 0.1) is 13.7 Å². The lowest BCUT2D eigenvalue weighted by atomic mass is 10.3. The molecule has 0 heterocycles. The zero-order chi connectivity index (χ0) is 14.8. The second kappa shape index (κ2) is 10.0. The Morgan fingerprint density at radius 3 is 2.11 bits per heavy atom. The summed E-state index contributed by atoms with van der Waals surface area (Å²) < 4.78 is 34.6. The van der Waals surface area contributed by atoms with Crippen LogP contribution in [0.3, 0.4) is 0 Å². The molecule has 18 heavy (non-hydrogen) atoms. The molecule has 0 spiro atoms. The van der Waals surface area contributed by atoms with E-state index in [1.807, 2.05) is 14.1 Å². The number of rotatable bonds is 6. The summed E-state index contributed by atoms with van der Waals surface area (Å²) in [7, 11) is 0.682. The van der Waals surface area contributed by atoms with E-state index in [1.54, 1.807) is 6.92 Å². The number of nitrogens with zero attached hydrogens (tertiary/aromatic N) is 1. The minimum Gasteiger partial charge on any atom is -0.462 e. The van der Waals surface area contributed by atoms with E-state index in [2.05, 4.69) is 15.7 Å². The number of hydrogen-bond acceptors (Lipinski definition) is 6. The first-order chi connectivity index (χ1) is 8.10. The average Bonchev–Trinajstić information content (AvgIpc) is 2.23. The molecule has 0 aromatic heterocycles. The summed E-state index contributed by atoms with van der Waals surface area (Å²) in [6.45, 7) is 6.54. The van der Waals surface area contributed by atoms with Gasteiger partial charge in [0.2, 0.25) is 0 Å². The summed E-state index contributed by atoms with van der Waals surface area (Å²) in [5, 5.41) is 0. The van der Waals surface area contributed by atoms with Crippen molar-refractivity contribution in [2.75, 3.05) is 34.4 Å². The number of hydrogen-bond donors (Lipinski definition) is 1. The Morgan fingerprint density at radius 1 is 1.39 bits per heavy atom. The normalized spacial score (nSPS) is 10.6. The van der Waals surface area contributed by atoms with E-state index in [1.165, 1.54) is 0 Å². The van der Waals surface area contributed by atoms with Gasteiger partial charge in [-0.15, -0.1) is 0 Å². The molecule has 0 rings (SSSR count). The van der Waals surface area contributed by atoms with Crippen molar-refractivity contribution in [3.05, 3.63) is 12.2 Å². The Labute approximate surface area is 108 Å². The lowest BCUT2D eigenvalue weighted by Crippen LogP contribution is -2.16. The molecule has 0 aromatic rings. The highest BCUT2D eigenvalue weighted by Crippen LogP contribution is 1.93. The lowest BCUT2D eigenvalue weighted by Gasteiger charge is -2.09. The van der Waals surface area contributed by atoms with E-state index >= 15 is 0 Å². The molecule has 0 atom stereocenters. The molecule has 0 fully saturated rings. The zero-order valence-corrected chi connectivity index (χ0v) is 12.0. The van der Waals surface area contributed by atoms with E-state index < -0.39 is 10.4 Å². The zero-order valence-electron chi connectivity index (χ0n) is 11.2. The van der Waals surface area contributed by atoms with Crippen molar-refractivity contribution in [2.45, 2.75) is 13.3 Å². The molecule has 0 saturated carbocycles. The van der Waals surface area contributed by atoms with Crippen LogP contribution in [0.25, 0.3) is 0 Å². The predicted molar refractivity (Wildman–Crippen MR) is 67.5 cm³/mol. The second-order valence-electron chi connectivity index (χ2n) is 3.67. The standard InChI is InChI=1S/C9H17NO2.CH4O4S/c1-8(2)9(11)12-7-5-6-10(3)4;1-5-6(2,3)4/h1,5-7H2,2-4H3;1H3,(H,2,3,4). The van der Waals surface area contributed by atoms with Gasteiger partial charge in [0, 0.05) is 12.1 Å². The molecule has 0 radical (unpaired) electrons. The summed E-state index contributed by atoms with van der Waals surface area (Å²) in [6.07, 6.45) is 0.867. The molecule has 0 aliphatic rings. The average molecular weight is 283 g/mol. The SMILES string of the molecule is C=C(C)C(=O)OCCCN(C)C.COS(=O)(=O)O. The molecular weight excluding hydrogens is 262 g/mol. The molecule has 8 heteroatoms. The lowest BCUT2D eigenvalue weighted by molar-refractivity contribution is -0.139. The van der Waals surface area contributed by atoms with Crippen molar-refractivity contribution in [1.29, 1.82) is 0 Å². The minimum atomic E-state index is -4.16. The molecule has 0 bridgehead atoms. The van der Waals surface area contributed by atoms with Gasteiger partial charge >= 0.3 is 16.4 Å². The van der Waals surface area contributed by atoms with Gasteiger partial charge in [-0.25, -0.2) is 4.79 Å². The summed E-state index contributed by atoms with van der Waals surface area (Å²) in [5.41, 5.74) is 0.458. The predicted octanol–water partition coefficient (Wildman–Crippen LogP) is 0.493. The number of esters is 1. The van der Waals surface area contributed by atoms with E-state index in [0.29, 0.717) is 12.2 Å². The molecule has 0 aliphatic heterocycles. The van der Waals surface area contributed by atoms with Crippen LogP contribution in [0.1, 0.15) is 13.3 Å². The Morgan fingerprint density at radius 2 is 1.83 bits per heavy atom. The fourth-order valence-corrected chi connectivity index (χ4v) is 0.669. The molecular formula is C10H21NO6S. The largest absolute Gasteiger partial charge is 0.462 e. The molecule has 7 nitrogen and oxygen atoms in total. The van der Waals surface area contributed by atoms with Crippen LogP contribution in [-0.4, -0.2) is 58.2 Å². The van der Waals surface area contributed by atoms with E-state index in [4.69, 9.17) is 9.29 Å². The van der Waals surface area contributed by atoms with Crippen molar-refractivity contribution in [3.63, 3.8) is 0 Å². The maximum absolute atomic E-state index is 10.9. The topological polar surface area (TPSA) is 93.1 Å². The van der Waals surface area contributed by atoms with E-state index in [0.717, 1.165) is 20.1 Å². The van der Waals surface area contributed by atoms with Gasteiger partial charge in [0.25, 0.3) is 0 Å². The molecule has 0 amide bonds. The number of ether oxygens (including phenoxy) is 1. The van der Waals surface area contributed by atoms with Crippen molar-refractivity contribution >= 4 is 16.4 Å². The van der Waals surface area contributed by atoms with Gasteiger partial charge in [-0.05, 0) is 27.4 Å². The fraction of sp³-hybridized carbons (Fsp3) is 0.700. The Hall–Kier alpha value is -0.960. The van der Waals surface area contributed by atoms with Crippen LogP contribution in [-0.2, 0) is 24.1 Å². The first-order valence-corrected chi connectivity index (χ1v) is 6.47. The second-order valence-corrected chi connectivity index (χ2v) is 4.86. The van der Waals surface area contributed by atoms with Crippen LogP contribution in [0.4, 0.5) is 0 Å².